The van der Waals surface area contributed by atoms with E-state index >= 15 is 0 Å². The van der Waals surface area contributed by atoms with Crippen molar-refractivity contribution in [2.24, 2.45) is 11.7 Å². The molecule has 0 aliphatic carbocycles. The Kier molecular flexibility index (Phi) is 5.36. The fraction of sp³-hybridized carbons (Fsp3) is 0.222. The molecule has 2 amide bonds. The zero-order valence-corrected chi connectivity index (χ0v) is 13.2. The summed E-state index contributed by atoms with van der Waals surface area (Å²) in [5.41, 5.74) is 6.44. The number of carbonyl (C=O) groups is 2. The van der Waals surface area contributed by atoms with Crippen molar-refractivity contribution >= 4 is 17.5 Å². The summed E-state index contributed by atoms with van der Waals surface area (Å²) in [5, 5.41) is 2.70. The molecule has 2 aromatic carbocycles. The number of para-hydroxylation sites is 1. The third-order valence-corrected chi connectivity index (χ3v) is 3.14. The normalized spacial score (nSPS) is 10.4. The van der Waals surface area contributed by atoms with Gasteiger partial charge >= 0.3 is 0 Å². The Morgan fingerprint density at radius 1 is 1.09 bits per heavy atom. The van der Waals surface area contributed by atoms with Gasteiger partial charge in [-0.2, -0.15) is 0 Å². The van der Waals surface area contributed by atoms with Crippen LogP contribution in [0.1, 0.15) is 34.6 Å². The first-order valence-corrected chi connectivity index (χ1v) is 7.40. The zero-order valence-electron chi connectivity index (χ0n) is 13.2. The maximum Gasteiger partial charge on any atom is 0.255 e. The Morgan fingerprint density at radius 2 is 1.74 bits per heavy atom. The number of amides is 2. The van der Waals surface area contributed by atoms with Gasteiger partial charge in [0.05, 0.1) is 17.9 Å². The van der Waals surface area contributed by atoms with Crippen molar-refractivity contribution < 1.29 is 14.3 Å². The first-order chi connectivity index (χ1) is 11.0. The Labute approximate surface area is 135 Å². The Morgan fingerprint density at radius 3 is 2.35 bits per heavy atom. The Bertz CT molecular complexity index is 694. The van der Waals surface area contributed by atoms with Crippen LogP contribution in [0.3, 0.4) is 0 Å². The van der Waals surface area contributed by atoms with E-state index in [0.29, 0.717) is 29.5 Å². The summed E-state index contributed by atoms with van der Waals surface area (Å²) in [5.74, 6) is 0.253. The van der Waals surface area contributed by atoms with Crippen molar-refractivity contribution in [2.45, 2.75) is 13.8 Å². The van der Waals surface area contributed by atoms with Gasteiger partial charge in [-0.05, 0) is 42.3 Å². The summed E-state index contributed by atoms with van der Waals surface area (Å²) in [6, 6.07) is 13.5. The molecule has 0 aliphatic rings. The molecule has 0 bridgehead atoms. The number of nitrogens with two attached hydrogens (primary N) is 1. The molecular weight excluding hydrogens is 292 g/mol. The predicted octanol–water partition coefficient (Wildman–Crippen LogP) is 3.07. The second kappa shape index (κ2) is 7.45. The molecule has 0 atom stereocenters. The van der Waals surface area contributed by atoms with E-state index in [1.807, 2.05) is 0 Å². The molecule has 0 spiro atoms. The minimum Gasteiger partial charge on any atom is -0.493 e. The molecule has 0 saturated heterocycles. The Balaban J connectivity index is 2.08. The van der Waals surface area contributed by atoms with Crippen LogP contribution in [0.2, 0.25) is 0 Å². The molecule has 0 fully saturated rings. The van der Waals surface area contributed by atoms with Gasteiger partial charge in [-0.15, -0.1) is 0 Å². The molecule has 0 aromatic heterocycles. The van der Waals surface area contributed by atoms with Gasteiger partial charge in [0, 0.05) is 5.56 Å². The number of ether oxygens (including phenoxy) is 1. The zero-order chi connectivity index (χ0) is 16.8. The fourth-order valence-corrected chi connectivity index (χ4v) is 1.97. The highest BCUT2D eigenvalue weighted by atomic mass is 16.5. The van der Waals surface area contributed by atoms with E-state index in [1.54, 1.807) is 48.5 Å². The molecule has 120 valence electrons. The number of anilines is 1. The highest BCUT2D eigenvalue weighted by Crippen LogP contribution is 2.17. The number of primary amides is 1. The van der Waals surface area contributed by atoms with Crippen LogP contribution in [0.15, 0.2) is 48.5 Å². The van der Waals surface area contributed by atoms with Gasteiger partial charge in [0.2, 0.25) is 0 Å². The van der Waals surface area contributed by atoms with E-state index < -0.39 is 5.91 Å². The van der Waals surface area contributed by atoms with Crippen LogP contribution >= 0.6 is 0 Å². The second-order valence-corrected chi connectivity index (χ2v) is 5.59. The minimum absolute atomic E-state index is 0.276. The van der Waals surface area contributed by atoms with Gasteiger partial charge in [-0.25, -0.2) is 0 Å². The number of hydrogen-bond acceptors (Lipinski definition) is 3. The van der Waals surface area contributed by atoms with E-state index in [4.69, 9.17) is 10.5 Å². The molecule has 23 heavy (non-hydrogen) atoms. The maximum atomic E-state index is 12.3. The summed E-state index contributed by atoms with van der Waals surface area (Å²) in [4.78, 5) is 23.6. The molecule has 5 nitrogen and oxygen atoms in total. The number of benzene rings is 2. The van der Waals surface area contributed by atoms with Crippen LogP contribution in [0.4, 0.5) is 5.69 Å². The lowest BCUT2D eigenvalue weighted by Gasteiger charge is -2.10. The molecule has 5 heteroatoms. The van der Waals surface area contributed by atoms with Crippen LogP contribution in [0.5, 0.6) is 5.75 Å². The molecule has 2 rings (SSSR count). The third-order valence-electron chi connectivity index (χ3n) is 3.14. The molecule has 0 aliphatic heterocycles. The summed E-state index contributed by atoms with van der Waals surface area (Å²) in [6.45, 7) is 4.76. The van der Waals surface area contributed by atoms with E-state index in [9.17, 15) is 9.59 Å². The average molecular weight is 312 g/mol. The molecular formula is C18H20N2O3. The van der Waals surface area contributed by atoms with Crippen molar-refractivity contribution in [3.05, 3.63) is 59.7 Å². The van der Waals surface area contributed by atoms with Crippen LogP contribution in [-0.4, -0.2) is 18.4 Å². The lowest BCUT2D eigenvalue weighted by Crippen LogP contribution is -2.18. The van der Waals surface area contributed by atoms with Crippen molar-refractivity contribution in [1.29, 1.82) is 0 Å². The molecule has 3 N–H and O–H groups in total. The third kappa shape index (κ3) is 4.57. The van der Waals surface area contributed by atoms with Crippen LogP contribution in [-0.2, 0) is 0 Å². The number of carbonyl (C=O) groups excluding carboxylic acids is 2. The number of rotatable bonds is 6. The molecule has 2 aromatic rings. The highest BCUT2D eigenvalue weighted by molar-refractivity contribution is 6.08. The fourth-order valence-electron chi connectivity index (χ4n) is 1.97. The number of nitrogens with one attached hydrogen (secondary N) is 1. The van der Waals surface area contributed by atoms with E-state index in [0.717, 1.165) is 0 Å². The molecule has 0 radical (unpaired) electrons. The van der Waals surface area contributed by atoms with Gasteiger partial charge in [0.15, 0.2) is 0 Å². The standard InChI is InChI=1S/C18H20N2O3/c1-12(2)11-23-14-9-7-13(8-10-14)18(22)20-16-6-4-3-5-15(16)17(19)21/h3-10,12H,11H2,1-2H3,(H2,19,21)(H,20,22). The van der Waals surface area contributed by atoms with Crippen LogP contribution < -0.4 is 15.8 Å². The van der Waals surface area contributed by atoms with Crippen molar-refractivity contribution in [2.75, 3.05) is 11.9 Å². The van der Waals surface area contributed by atoms with E-state index in [1.165, 1.54) is 0 Å². The smallest absolute Gasteiger partial charge is 0.255 e. The molecule has 0 unspecified atom stereocenters. The topological polar surface area (TPSA) is 81.4 Å². The highest BCUT2D eigenvalue weighted by Gasteiger charge is 2.11. The summed E-state index contributed by atoms with van der Waals surface area (Å²) < 4.78 is 5.58. The number of hydrogen-bond donors (Lipinski definition) is 2. The van der Waals surface area contributed by atoms with Gasteiger partial charge < -0.3 is 15.8 Å². The first kappa shape index (κ1) is 16.5. The second-order valence-electron chi connectivity index (χ2n) is 5.59. The lowest BCUT2D eigenvalue weighted by molar-refractivity contribution is 0.100. The maximum absolute atomic E-state index is 12.3. The largest absolute Gasteiger partial charge is 0.493 e. The van der Waals surface area contributed by atoms with Crippen molar-refractivity contribution in [3.8, 4) is 5.75 Å². The average Bonchev–Trinajstić information content (AvgIpc) is 2.53. The van der Waals surface area contributed by atoms with E-state index in [-0.39, 0.29) is 11.5 Å². The predicted molar refractivity (Wildman–Crippen MR) is 89.7 cm³/mol. The monoisotopic (exact) mass is 312 g/mol. The van der Waals surface area contributed by atoms with Gasteiger partial charge in [0.1, 0.15) is 5.75 Å². The SMILES string of the molecule is CC(C)COc1ccc(C(=O)Nc2ccccc2C(N)=O)cc1. The van der Waals surface area contributed by atoms with Crippen molar-refractivity contribution in [3.63, 3.8) is 0 Å². The summed E-state index contributed by atoms with van der Waals surface area (Å²) in [7, 11) is 0. The quantitative estimate of drug-likeness (QED) is 0.860. The molecule has 0 saturated carbocycles. The van der Waals surface area contributed by atoms with Gasteiger partial charge in [-0.3, -0.25) is 9.59 Å². The van der Waals surface area contributed by atoms with Crippen LogP contribution in [0, 0.1) is 5.92 Å². The van der Waals surface area contributed by atoms with Gasteiger partial charge in [-0.1, -0.05) is 26.0 Å². The summed E-state index contributed by atoms with van der Waals surface area (Å²) in [6.07, 6.45) is 0. The first-order valence-electron chi connectivity index (χ1n) is 7.40. The van der Waals surface area contributed by atoms with E-state index in [2.05, 4.69) is 19.2 Å². The molecule has 0 heterocycles. The van der Waals surface area contributed by atoms with Crippen molar-refractivity contribution in [1.82, 2.24) is 0 Å². The lowest BCUT2D eigenvalue weighted by atomic mass is 10.1. The Hall–Kier alpha value is -2.82. The summed E-state index contributed by atoms with van der Waals surface area (Å²) >= 11 is 0. The van der Waals surface area contributed by atoms with Crippen LogP contribution in [0.25, 0.3) is 0 Å². The minimum atomic E-state index is -0.585. The van der Waals surface area contributed by atoms with Gasteiger partial charge in [0.25, 0.3) is 11.8 Å².